The van der Waals surface area contributed by atoms with Crippen molar-refractivity contribution in [1.82, 2.24) is 0 Å². The van der Waals surface area contributed by atoms with Crippen molar-refractivity contribution in [3.8, 4) is 0 Å². The maximum atomic E-state index is 4.01. The van der Waals surface area contributed by atoms with Crippen LogP contribution in [-0.2, 0) is 6.42 Å². The molecule has 1 N–H and O–H groups in total. The molecule has 1 aliphatic rings. The van der Waals surface area contributed by atoms with E-state index in [1.165, 1.54) is 16.8 Å². The topological polar surface area (TPSA) is 12.0 Å². The Labute approximate surface area is 79.5 Å². The van der Waals surface area contributed by atoms with Crippen molar-refractivity contribution in [3.63, 3.8) is 0 Å². The Morgan fingerprint density at radius 2 is 2.23 bits per heavy atom. The van der Waals surface area contributed by atoms with Gasteiger partial charge in [0.25, 0.3) is 0 Å². The summed E-state index contributed by atoms with van der Waals surface area (Å²) in [6.45, 7) is 8.35. The number of hydrogen-bond acceptors (Lipinski definition) is 1. The summed E-state index contributed by atoms with van der Waals surface area (Å²) in [5.41, 5.74) is 5.12. The number of anilines is 1. The predicted molar refractivity (Wildman–Crippen MR) is 56.8 cm³/mol. The standard InChI is InChI=1S/C12H15N/c1-8-4-5-12-11(6-8)7-9(2)10(3)13-12/h4-6,9,13H,3,7H2,1-2H3. The molecular formula is C12H15N. The minimum Gasteiger partial charge on any atom is -0.359 e. The number of fused-ring (bicyclic) bond motifs is 1. The number of aryl methyl sites for hydroxylation is 1. The molecule has 1 heteroatoms. The first-order valence-corrected chi connectivity index (χ1v) is 4.72. The van der Waals surface area contributed by atoms with Crippen LogP contribution in [0.25, 0.3) is 0 Å². The molecule has 1 aromatic rings. The van der Waals surface area contributed by atoms with Crippen LogP contribution in [0.1, 0.15) is 18.1 Å². The average molecular weight is 173 g/mol. The van der Waals surface area contributed by atoms with E-state index in [4.69, 9.17) is 0 Å². The van der Waals surface area contributed by atoms with E-state index in [2.05, 4.69) is 43.9 Å². The third kappa shape index (κ3) is 1.46. The van der Waals surface area contributed by atoms with E-state index < -0.39 is 0 Å². The van der Waals surface area contributed by atoms with Crippen molar-refractivity contribution in [2.24, 2.45) is 5.92 Å². The van der Waals surface area contributed by atoms with Gasteiger partial charge in [0.2, 0.25) is 0 Å². The molecule has 1 aromatic carbocycles. The predicted octanol–water partition coefficient (Wildman–Crippen LogP) is 3.11. The van der Waals surface area contributed by atoms with Crippen molar-refractivity contribution in [3.05, 3.63) is 41.6 Å². The molecule has 13 heavy (non-hydrogen) atoms. The molecule has 0 spiro atoms. The van der Waals surface area contributed by atoms with Crippen LogP contribution in [0.5, 0.6) is 0 Å². The molecule has 1 unspecified atom stereocenters. The van der Waals surface area contributed by atoms with Crippen LogP contribution in [-0.4, -0.2) is 0 Å². The van der Waals surface area contributed by atoms with Gasteiger partial charge in [-0.05, 0) is 30.9 Å². The van der Waals surface area contributed by atoms with Gasteiger partial charge in [-0.1, -0.05) is 31.2 Å². The largest absolute Gasteiger partial charge is 0.359 e. The summed E-state index contributed by atoms with van der Waals surface area (Å²) >= 11 is 0. The zero-order valence-corrected chi connectivity index (χ0v) is 8.22. The Hall–Kier alpha value is -1.24. The van der Waals surface area contributed by atoms with E-state index in [-0.39, 0.29) is 0 Å². The third-order valence-electron chi connectivity index (χ3n) is 2.68. The van der Waals surface area contributed by atoms with Crippen molar-refractivity contribution in [2.45, 2.75) is 20.3 Å². The highest BCUT2D eigenvalue weighted by Gasteiger charge is 2.16. The molecule has 1 nitrogen and oxygen atoms in total. The highest BCUT2D eigenvalue weighted by Crippen LogP contribution is 2.29. The van der Waals surface area contributed by atoms with Gasteiger partial charge in [0.1, 0.15) is 0 Å². The van der Waals surface area contributed by atoms with E-state index in [9.17, 15) is 0 Å². The van der Waals surface area contributed by atoms with Crippen LogP contribution >= 0.6 is 0 Å². The molecule has 1 atom stereocenters. The molecule has 0 saturated carbocycles. The summed E-state index contributed by atoms with van der Waals surface area (Å²) in [7, 11) is 0. The second-order valence-electron chi connectivity index (χ2n) is 3.92. The summed E-state index contributed by atoms with van der Waals surface area (Å²) in [5, 5.41) is 3.34. The van der Waals surface area contributed by atoms with Crippen molar-refractivity contribution < 1.29 is 0 Å². The Bertz CT molecular complexity index is 352. The molecule has 0 saturated heterocycles. The van der Waals surface area contributed by atoms with Crippen LogP contribution in [0.15, 0.2) is 30.5 Å². The Morgan fingerprint density at radius 1 is 1.46 bits per heavy atom. The Balaban J connectivity index is 2.42. The summed E-state index contributed by atoms with van der Waals surface area (Å²) in [6, 6.07) is 6.53. The molecule has 0 bridgehead atoms. The molecule has 0 amide bonds. The zero-order chi connectivity index (χ0) is 9.42. The number of rotatable bonds is 0. The quantitative estimate of drug-likeness (QED) is 0.635. The van der Waals surface area contributed by atoms with Gasteiger partial charge in [0.15, 0.2) is 0 Å². The minimum absolute atomic E-state index is 0.550. The minimum atomic E-state index is 0.550. The Kier molecular flexibility index (Phi) is 1.87. The lowest BCUT2D eigenvalue weighted by Crippen LogP contribution is -2.17. The van der Waals surface area contributed by atoms with Gasteiger partial charge >= 0.3 is 0 Å². The average Bonchev–Trinajstić information content (AvgIpc) is 2.08. The zero-order valence-electron chi connectivity index (χ0n) is 8.22. The fraction of sp³-hybridized carbons (Fsp3) is 0.333. The highest BCUT2D eigenvalue weighted by atomic mass is 14.9. The van der Waals surface area contributed by atoms with E-state index in [0.29, 0.717) is 5.92 Å². The molecule has 68 valence electrons. The maximum Gasteiger partial charge on any atom is 0.0414 e. The van der Waals surface area contributed by atoms with Gasteiger partial charge in [-0.3, -0.25) is 0 Å². The molecule has 2 rings (SSSR count). The Morgan fingerprint density at radius 3 is 3.00 bits per heavy atom. The van der Waals surface area contributed by atoms with Gasteiger partial charge in [-0.15, -0.1) is 0 Å². The number of benzene rings is 1. The van der Waals surface area contributed by atoms with Crippen LogP contribution in [0, 0.1) is 12.8 Å². The van der Waals surface area contributed by atoms with Crippen molar-refractivity contribution >= 4 is 5.69 Å². The SMILES string of the molecule is C=C1Nc2ccc(C)cc2CC1C. The second kappa shape index (κ2) is 2.91. The lowest BCUT2D eigenvalue weighted by atomic mass is 9.92. The van der Waals surface area contributed by atoms with Gasteiger partial charge in [-0.2, -0.15) is 0 Å². The monoisotopic (exact) mass is 173 g/mol. The summed E-state index contributed by atoms with van der Waals surface area (Å²) in [6.07, 6.45) is 1.11. The fourth-order valence-corrected chi connectivity index (χ4v) is 1.76. The first kappa shape index (κ1) is 8.36. The first-order chi connectivity index (χ1) is 6.16. The summed E-state index contributed by atoms with van der Waals surface area (Å²) < 4.78 is 0. The number of allylic oxidation sites excluding steroid dienone is 1. The van der Waals surface area contributed by atoms with Crippen molar-refractivity contribution in [2.75, 3.05) is 5.32 Å². The second-order valence-corrected chi connectivity index (χ2v) is 3.92. The molecule has 0 aromatic heterocycles. The van der Waals surface area contributed by atoms with Crippen LogP contribution in [0.4, 0.5) is 5.69 Å². The van der Waals surface area contributed by atoms with E-state index in [1.807, 2.05) is 0 Å². The van der Waals surface area contributed by atoms with Gasteiger partial charge in [-0.25, -0.2) is 0 Å². The molecule has 0 radical (unpaired) electrons. The third-order valence-corrected chi connectivity index (χ3v) is 2.68. The molecular weight excluding hydrogens is 158 g/mol. The maximum absolute atomic E-state index is 4.01. The van der Waals surface area contributed by atoms with Crippen LogP contribution in [0.2, 0.25) is 0 Å². The first-order valence-electron chi connectivity index (χ1n) is 4.72. The van der Waals surface area contributed by atoms with Crippen LogP contribution < -0.4 is 5.32 Å². The lowest BCUT2D eigenvalue weighted by Gasteiger charge is -2.25. The summed E-state index contributed by atoms with van der Waals surface area (Å²) in [5.74, 6) is 0.550. The van der Waals surface area contributed by atoms with Gasteiger partial charge in [0.05, 0.1) is 0 Å². The number of hydrogen-bond donors (Lipinski definition) is 1. The smallest absolute Gasteiger partial charge is 0.0414 e. The van der Waals surface area contributed by atoms with Crippen LogP contribution in [0.3, 0.4) is 0 Å². The summed E-state index contributed by atoms with van der Waals surface area (Å²) in [4.78, 5) is 0. The van der Waals surface area contributed by atoms with E-state index in [0.717, 1.165) is 12.1 Å². The lowest BCUT2D eigenvalue weighted by molar-refractivity contribution is 0.668. The van der Waals surface area contributed by atoms with Crippen molar-refractivity contribution in [1.29, 1.82) is 0 Å². The molecule has 1 heterocycles. The number of nitrogens with one attached hydrogen (secondary N) is 1. The van der Waals surface area contributed by atoms with E-state index in [1.54, 1.807) is 0 Å². The highest BCUT2D eigenvalue weighted by molar-refractivity contribution is 5.58. The normalized spacial score (nSPS) is 20.8. The fourth-order valence-electron chi connectivity index (χ4n) is 1.76. The molecule has 1 aliphatic heterocycles. The molecule has 0 aliphatic carbocycles. The molecule has 0 fully saturated rings. The van der Waals surface area contributed by atoms with Gasteiger partial charge in [0, 0.05) is 11.4 Å². The van der Waals surface area contributed by atoms with Gasteiger partial charge < -0.3 is 5.32 Å². The van der Waals surface area contributed by atoms with E-state index >= 15 is 0 Å².